The van der Waals surface area contributed by atoms with E-state index in [9.17, 15) is 0 Å². The summed E-state index contributed by atoms with van der Waals surface area (Å²) >= 11 is 0. The second-order valence-electron chi connectivity index (χ2n) is 3.30. The molecule has 6 nitrogen and oxygen atoms in total. The third-order valence-electron chi connectivity index (χ3n) is 1.95. The molecule has 0 aromatic carbocycles. The van der Waals surface area contributed by atoms with Gasteiger partial charge < -0.3 is 20.4 Å². The molecular weight excluding hydrogens is 222 g/mol. The molecule has 1 aromatic rings. The number of nitrogens with zero attached hydrogens (tertiary/aromatic N) is 2. The molecule has 94 valence electrons. The third kappa shape index (κ3) is 4.28. The van der Waals surface area contributed by atoms with Crippen LogP contribution in [0.5, 0.6) is 5.75 Å². The Balaban J connectivity index is 2.53. The van der Waals surface area contributed by atoms with E-state index >= 15 is 0 Å². The molecule has 1 aromatic heterocycles. The molecule has 6 heteroatoms. The number of rotatable bonds is 7. The minimum absolute atomic E-state index is 0.0740. The van der Waals surface area contributed by atoms with Gasteiger partial charge in [-0.15, -0.1) is 0 Å². The number of aromatic nitrogens is 1. The minimum Gasteiger partial charge on any atom is -0.489 e. The van der Waals surface area contributed by atoms with E-state index in [0.29, 0.717) is 31.3 Å². The highest BCUT2D eigenvalue weighted by molar-refractivity contribution is 5.97. The van der Waals surface area contributed by atoms with Crippen molar-refractivity contribution in [3.8, 4) is 5.75 Å². The highest BCUT2D eigenvalue weighted by Gasteiger charge is 2.08. The first-order valence-corrected chi connectivity index (χ1v) is 5.43. The van der Waals surface area contributed by atoms with Crippen LogP contribution < -0.4 is 10.5 Å². The van der Waals surface area contributed by atoms with Crippen LogP contribution >= 0.6 is 0 Å². The van der Waals surface area contributed by atoms with Gasteiger partial charge >= 0.3 is 0 Å². The lowest BCUT2D eigenvalue weighted by Crippen LogP contribution is -2.17. The number of ether oxygens (including phenoxy) is 2. The van der Waals surface area contributed by atoms with Gasteiger partial charge in [0, 0.05) is 12.8 Å². The molecule has 17 heavy (non-hydrogen) atoms. The van der Waals surface area contributed by atoms with Crippen molar-refractivity contribution in [1.82, 2.24) is 4.98 Å². The fourth-order valence-corrected chi connectivity index (χ4v) is 1.20. The molecule has 0 aliphatic rings. The van der Waals surface area contributed by atoms with Crippen LogP contribution in [0.25, 0.3) is 0 Å². The molecule has 0 aliphatic heterocycles. The Morgan fingerprint density at radius 2 is 2.29 bits per heavy atom. The molecular formula is C11H17N3O3. The molecule has 0 saturated heterocycles. The zero-order chi connectivity index (χ0) is 12.5. The summed E-state index contributed by atoms with van der Waals surface area (Å²) in [5.41, 5.74) is 5.80. The van der Waals surface area contributed by atoms with E-state index in [1.54, 1.807) is 18.3 Å². The summed E-state index contributed by atoms with van der Waals surface area (Å²) < 4.78 is 10.7. The maximum atomic E-state index is 8.60. The Hall–Kier alpha value is -1.82. The Morgan fingerprint density at radius 1 is 1.47 bits per heavy atom. The lowest BCUT2D eigenvalue weighted by atomic mass is 10.3. The lowest BCUT2D eigenvalue weighted by Gasteiger charge is -2.09. The van der Waals surface area contributed by atoms with Crippen LogP contribution in [0.3, 0.4) is 0 Å². The number of hydrogen-bond acceptors (Lipinski definition) is 5. The second kappa shape index (κ2) is 7.45. The summed E-state index contributed by atoms with van der Waals surface area (Å²) in [7, 11) is 0. The van der Waals surface area contributed by atoms with Gasteiger partial charge in [0.05, 0.1) is 6.61 Å². The smallest absolute Gasteiger partial charge is 0.192 e. The molecule has 3 N–H and O–H groups in total. The fraction of sp³-hybridized carbons (Fsp3) is 0.455. The van der Waals surface area contributed by atoms with Gasteiger partial charge in [0.15, 0.2) is 11.5 Å². The molecule has 0 aliphatic carbocycles. The van der Waals surface area contributed by atoms with Crippen molar-refractivity contribution in [3.63, 3.8) is 0 Å². The average molecular weight is 239 g/mol. The normalized spacial score (nSPS) is 11.5. The summed E-state index contributed by atoms with van der Waals surface area (Å²) in [6.45, 7) is 3.65. The van der Waals surface area contributed by atoms with Crippen LogP contribution in [-0.4, -0.2) is 35.8 Å². The molecule has 0 bridgehead atoms. The van der Waals surface area contributed by atoms with Gasteiger partial charge in [0.25, 0.3) is 0 Å². The van der Waals surface area contributed by atoms with Crippen molar-refractivity contribution in [1.29, 1.82) is 0 Å². The molecule has 0 atom stereocenters. The Bertz CT molecular complexity index is 369. The predicted molar refractivity (Wildman–Crippen MR) is 63.4 cm³/mol. The first kappa shape index (κ1) is 13.2. The molecule has 0 amide bonds. The number of hydrogen-bond donors (Lipinski definition) is 2. The quantitative estimate of drug-likeness (QED) is 0.243. The fourth-order valence-electron chi connectivity index (χ4n) is 1.20. The van der Waals surface area contributed by atoms with Crippen LogP contribution in [0.4, 0.5) is 0 Å². The van der Waals surface area contributed by atoms with Crippen LogP contribution in [0.2, 0.25) is 0 Å². The average Bonchev–Trinajstić information content (AvgIpc) is 2.38. The summed E-state index contributed by atoms with van der Waals surface area (Å²) in [5.74, 6) is 0.401. The Kier molecular flexibility index (Phi) is 5.81. The van der Waals surface area contributed by atoms with Crippen molar-refractivity contribution < 1.29 is 14.7 Å². The highest BCUT2D eigenvalue weighted by atomic mass is 16.5. The van der Waals surface area contributed by atoms with Crippen molar-refractivity contribution >= 4 is 5.84 Å². The first-order valence-electron chi connectivity index (χ1n) is 5.43. The zero-order valence-corrected chi connectivity index (χ0v) is 9.80. The molecule has 0 fully saturated rings. The molecule has 0 unspecified atom stereocenters. The predicted octanol–water partition coefficient (Wildman–Crippen LogP) is 0.982. The summed E-state index contributed by atoms with van der Waals surface area (Å²) in [5, 5.41) is 11.5. The van der Waals surface area contributed by atoms with E-state index in [0.717, 1.165) is 6.42 Å². The molecule has 1 heterocycles. The van der Waals surface area contributed by atoms with Gasteiger partial charge in [-0.1, -0.05) is 12.1 Å². The van der Waals surface area contributed by atoms with E-state index in [2.05, 4.69) is 10.1 Å². The molecule has 1 rings (SSSR count). The van der Waals surface area contributed by atoms with Crippen molar-refractivity contribution in [2.75, 3.05) is 19.8 Å². The maximum absolute atomic E-state index is 8.60. The van der Waals surface area contributed by atoms with Gasteiger partial charge in [-0.3, -0.25) is 0 Å². The van der Waals surface area contributed by atoms with E-state index in [1.807, 2.05) is 6.92 Å². The maximum Gasteiger partial charge on any atom is 0.192 e. The van der Waals surface area contributed by atoms with Crippen molar-refractivity contribution in [2.45, 2.75) is 13.3 Å². The van der Waals surface area contributed by atoms with Crippen LogP contribution in [0.15, 0.2) is 23.5 Å². The molecule has 0 radical (unpaired) electrons. The van der Waals surface area contributed by atoms with Crippen molar-refractivity contribution in [3.05, 3.63) is 24.0 Å². The van der Waals surface area contributed by atoms with Crippen LogP contribution in [-0.2, 0) is 4.74 Å². The molecule has 0 saturated carbocycles. The van der Waals surface area contributed by atoms with Gasteiger partial charge in [0.1, 0.15) is 12.4 Å². The number of nitrogens with two attached hydrogens (primary N) is 1. The number of pyridine rings is 1. The van der Waals surface area contributed by atoms with Gasteiger partial charge in [-0.2, -0.15) is 0 Å². The Labute approximate surface area is 100 Å². The summed E-state index contributed by atoms with van der Waals surface area (Å²) in [4.78, 5) is 3.98. The number of amidine groups is 1. The zero-order valence-electron chi connectivity index (χ0n) is 9.80. The van der Waals surface area contributed by atoms with E-state index in [1.165, 1.54) is 0 Å². The summed E-state index contributed by atoms with van der Waals surface area (Å²) in [6.07, 6.45) is 2.52. The van der Waals surface area contributed by atoms with Gasteiger partial charge in [-0.05, 0) is 18.6 Å². The highest BCUT2D eigenvalue weighted by Crippen LogP contribution is 2.14. The largest absolute Gasteiger partial charge is 0.489 e. The minimum atomic E-state index is -0.0740. The van der Waals surface area contributed by atoms with Crippen LogP contribution in [0, 0.1) is 0 Å². The van der Waals surface area contributed by atoms with Gasteiger partial charge in [0.2, 0.25) is 0 Å². The van der Waals surface area contributed by atoms with Crippen LogP contribution in [0.1, 0.15) is 19.0 Å². The topological polar surface area (TPSA) is 90.0 Å². The van der Waals surface area contributed by atoms with E-state index < -0.39 is 0 Å². The van der Waals surface area contributed by atoms with Gasteiger partial charge in [-0.25, -0.2) is 4.98 Å². The monoisotopic (exact) mass is 239 g/mol. The summed E-state index contributed by atoms with van der Waals surface area (Å²) in [6, 6.07) is 3.43. The van der Waals surface area contributed by atoms with E-state index in [4.69, 9.17) is 20.4 Å². The molecule has 0 spiro atoms. The standard InChI is InChI=1S/C11H17N3O3/c1-2-6-16-7-8-17-9-4-3-5-13-10(9)11(12)14-15/h3-5,15H,2,6-8H2,1H3,(H2,12,14). The van der Waals surface area contributed by atoms with E-state index in [-0.39, 0.29) is 5.84 Å². The number of oxime groups is 1. The second-order valence-corrected chi connectivity index (χ2v) is 3.30. The lowest BCUT2D eigenvalue weighted by molar-refractivity contribution is 0.100. The SMILES string of the molecule is CCCOCCOc1cccnc1/C(N)=N/O. The first-order chi connectivity index (χ1) is 8.29. The van der Waals surface area contributed by atoms with Crippen molar-refractivity contribution in [2.24, 2.45) is 10.9 Å². The Morgan fingerprint density at radius 3 is 3.00 bits per heavy atom. The third-order valence-corrected chi connectivity index (χ3v) is 1.95.